The monoisotopic (exact) mass is 291 g/mol. The molecule has 0 saturated heterocycles. The van der Waals surface area contributed by atoms with Crippen molar-refractivity contribution in [1.82, 2.24) is 10.2 Å². The van der Waals surface area contributed by atoms with Crippen LogP contribution in [0, 0.1) is 0 Å². The van der Waals surface area contributed by atoms with Gasteiger partial charge in [0.2, 0.25) is 5.89 Å². The van der Waals surface area contributed by atoms with Gasteiger partial charge in [0.05, 0.1) is 5.97 Å². The molecule has 6 heteroatoms. The zero-order valence-electron chi connectivity index (χ0n) is 11.5. The minimum absolute atomic E-state index is 0.0862. The number of thioether (sulfide) groups is 1. The second-order valence-electron chi connectivity index (χ2n) is 5.36. The van der Waals surface area contributed by atoms with Gasteiger partial charge in [0.1, 0.15) is 0 Å². The van der Waals surface area contributed by atoms with Crippen LogP contribution in [0.1, 0.15) is 26.3 Å². The molecule has 0 radical (unpaired) electrons. The largest absolute Gasteiger partial charge is 0.549 e. The predicted octanol–water partition coefficient (Wildman–Crippen LogP) is 1.88. The fourth-order valence-electron chi connectivity index (χ4n) is 1.62. The van der Waals surface area contributed by atoms with Crippen LogP contribution in [0.15, 0.2) is 33.9 Å². The van der Waals surface area contributed by atoms with Gasteiger partial charge < -0.3 is 14.3 Å². The van der Waals surface area contributed by atoms with Crippen LogP contribution in [0.5, 0.6) is 0 Å². The van der Waals surface area contributed by atoms with Crippen molar-refractivity contribution >= 4 is 17.7 Å². The normalized spacial score (nSPS) is 11.6. The van der Waals surface area contributed by atoms with E-state index in [1.807, 2.05) is 24.3 Å². The molecule has 0 aliphatic carbocycles. The molecule has 0 atom stereocenters. The van der Waals surface area contributed by atoms with E-state index in [2.05, 4.69) is 31.0 Å². The predicted molar refractivity (Wildman–Crippen MR) is 74.2 cm³/mol. The number of aromatic nitrogens is 2. The molecule has 0 aliphatic rings. The number of benzene rings is 1. The Labute approximate surface area is 121 Å². The molecule has 0 N–H and O–H groups in total. The summed E-state index contributed by atoms with van der Waals surface area (Å²) in [5.41, 5.74) is 2.11. The fourth-order valence-corrected chi connectivity index (χ4v) is 2.10. The maximum Gasteiger partial charge on any atom is 0.277 e. The number of carboxylic acids is 1. The van der Waals surface area contributed by atoms with Crippen molar-refractivity contribution in [2.24, 2.45) is 0 Å². The van der Waals surface area contributed by atoms with E-state index >= 15 is 0 Å². The van der Waals surface area contributed by atoms with Crippen molar-refractivity contribution in [2.45, 2.75) is 31.4 Å². The van der Waals surface area contributed by atoms with E-state index in [1.54, 1.807) is 0 Å². The molecule has 0 fully saturated rings. The molecule has 1 aromatic heterocycles. The first kappa shape index (κ1) is 14.6. The Morgan fingerprint density at radius 2 is 1.90 bits per heavy atom. The lowest BCUT2D eigenvalue weighted by atomic mass is 9.87. The lowest BCUT2D eigenvalue weighted by Gasteiger charge is -2.18. The van der Waals surface area contributed by atoms with Crippen LogP contribution < -0.4 is 5.11 Å². The summed E-state index contributed by atoms with van der Waals surface area (Å²) < 4.78 is 5.40. The number of hydrogen-bond donors (Lipinski definition) is 0. The Morgan fingerprint density at radius 3 is 2.45 bits per heavy atom. The van der Waals surface area contributed by atoms with Gasteiger partial charge in [-0.25, -0.2) is 0 Å². The Bertz CT molecular complexity index is 600. The number of carboxylic acid groups (broad SMARTS) is 1. The molecule has 1 heterocycles. The second-order valence-corrected chi connectivity index (χ2v) is 6.29. The molecular formula is C14H15N2O3S-. The highest BCUT2D eigenvalue weighted by atomic mass is 32.2. The van der Waals surface area contributed by atoms with Crippen LogP contribution >= 0.6 is 11.8 Å². The summed E-state index contributed by atoms with van der Waals surface area (Å²) >= 11 is 0.949. The van der Waals surface area contributed by atoms with Crippen LogP contribution in [-0.2, 0) is 10.2 Å². The molecule has 2 rings (SSSR count). The fraction of sp³-hybridized carbons (Fsp3) is 0.357. The summed E-state index contributed by atoms with van der Waals surface area (Å²) in [6.45, 7) is 6.43. The van der Waals surface area contributed by atoms with Gasteiger partial charge in [0.15, 0.2) is 0 Å². The lowest BCUT2D eigenvalue weighted by Crippen LogP contribution is -2.24. The smallest absolute Gasteiger partial charge is 0.277 e. The first-order valence-electron chi connectivity index (χ1n) is 6.13. The summed E-state index contributed by atoms with van der Waals surface area (Å²) in [5.74, 6) is -0.986. The third kappa shape index (κ3) is 3.60. The summed E-state index contributed by atoms with van der Waals surface area (Å²) in [6.07, 6.45) is 0. The highest BCUT2D eigenvalue weighted by Gasteiger charge is 2.14. The number of nitrogens with zero attached hydrogens (tertiary/aromatic N) is 2. The van der Waals surface area contributed by atoms with Gasteiger partial charge in [-0.1, -0.05) is 44.7 Å². The highest BCUT2D eigenvalue weighted by molar-refractivity contribution is 7.99. The number of rotatable bonds is 4. The number of carbonyl (C=O) groups excluding carboxylic acids is 1. The SMILES string of the molecule is CC(C)(C)c1ccc(-c2nnc(SCC(=O)[O-])o2)cc1. The molecular weight excluding hydrogens is 276 g/mol. The molecule has 20 heavy (non-hydrogen) atoms. The Hall–Kier alpha value is -1.82. The van der Waals surface area contributed by atoms with Gasteiger partial charge in [-0.3, -0.25) is 0 Å². The van der Waals surface area contributed by atoms with Gasteiger partial charge in [0, 0.05) is 11.3 Å². The minimum atomic E-state index is -1.16. The van der Waals surface area contributed by atoms with E-state index in [9.17, 15) is 9.90 Å². The van der Waals surface area contributed by atoms with E-state index in [1.165, 1.54) is 5.56 Å². The maximum absolute atomic E-state index is 10.4. The summed E-state index contributed by atoms with van der Waals surface area (Å²) in [6, 6.07) is 7.88. The van der Waals surface area contributed by atoms with Crippen molar-refractivity contribution in [1.29, 1.82) is 0 Å². The van der Waals surface area contributed by atoms with Crippen LogP contribution in [0.4, 0.5) is 0 Å². The molecule has 2 aromatic rings. The van der Waals surface area contributed by atoms with Crippen LogP contribution in [0.3, 0.4) is 0 Å². The van der Waals surface area contributed by atoms with Gasteiger partial charge in [-0.15, -0.1) is 10.2 Å². The molecule has 0 aliphatic heterocycles. The topological polar surface area (TPSA) is 79.0 Å². The number of aliphatic carboxylic acids is 1. The van der Waals surface area contributed by atoms with Gasteiger partial charge in [0.25, 0.3) is 5.22 Å². The maximum atomic E-state index is 10.4. The van der Waals surface area contributed by atoms with Crippen molar-refractivity contribution in [3.05, 3.63) is 29.8 Å². The van der Waals surface area contributed by atoms with Gasteiger partial charge in [-0.05, 0) is 23.1 Å². The molecule has 106 valence electrons. The van der Waals surface area contributed by atoms with Gasteiger partial charge >= 0.3 is 0 Å². The quantitative estimate of drug-likeness (QED) is 0.800. The van der Waals surface area contributed by atoms with Crippen molar-refractivity contribution in [3.8, 4) is 11.5 Å². The molecule has 0 spiro atoms. The Morgan fingerprint density at radius 1 is 1.25 bits per heavy atom. The molecule has 0 bridgehead atoms. The molecule has 5 nitrogen and oxygen atoms in total. The molecule has 1 aromatic carbocycles. The lowest BCUT2D eigenvalue weighted by molar-refractivity contribution is -0.301. The summed E-state index contributed by atoms with van der Waals surface area (Å²) in [4.78, 5) is 10.4. The third-order valence-electron chi connectivity index (χ3n) is 2.72. The van der Waals surface area contributed by atoms with Crippen LogP contribution in [-0.4, -0.2) is 21.9 Å². The van der Waals surface area contributed by atoms with E-state index in [0.717, 1.165) is 17.3 Å². The van der Waals surface area contributed by atoms with Gasteiger partial charge in [-0.2, -0.15) is 0 Å². The Balaban J connectivity index is 2.14. The van der Waals surface area contributed by atoms with Crippen molar-refractivity contribution < 1.29 is 14.3 Å². The van der Waals surface area contributed by atoms with Crippen molar-refractivity contribution in [3.63, 3.8) is 0 Å². The summed E-state index contributed by atoms with van der Waals surface area (Å²) in [7, 11) is 0. The Kier molecular flexibility index (Phi) is 4.13. The van der Waals surface area contributed by atoms with Crippen molar-refractivity contribution in [2.75, 3.05) is 5.75 Å². The third-order valence-corrected chi connectivity index (χ3v) is 3.51. The number of carbonyl (C=O) groups is 1. The first-order chi connectivity index (χ1) is 9.36. The summed E-state index contributed by atoms with van der Waals surface area (Å²) in [5, 5.41) is 18.3. The number of hydrogen-bond acceptors (Lipinski definition) is 6. The van der Waals surface area contributed by atoms with E-state index in [-0.39, 0.29) is 16.4 Å². The molecule has 0 saturated carbocycles. The average molecular weight is 291 g/mol. The van der Waals surface area contributed by atoms with Crippen LogP contribution in [0.25, 0.3) is 11.5 Å². The molecule has 0 unspecified atom stereocenters. The highest BCUT2D eigenvalue weighted by Crippen LogP contribution is 2.27. The molecule has 0 amide bonds. The minimum Gasteiger partial charge on any atom is -0.549 e. The standard InChI is InChI=1S/C14H16N2O3S/c1-14(2,3)10-6-4-9(5-7-10)12-15-16-13(19-12)20-8-11(17)18/h4-7H,8H2,1-3H3,(H,17,18)/p-1. The van der Waals surface area contributed by atoms with E-state index < -0.39 is 5.97 Å². The second kappa shape index (κ2) is 5.66. The first-order valence-corrected chi connectivity index (χ1v) is 7.12. The van der Waals surface area contributed by atoms with E-state index in [4.69, 9.17) is 4.42 Å². The van der Waals surface area contributed by atoms with Crippen LogP contribution in [0.2, 0.25) is 0 Å². The average Bonchev–Trinajstić information content (AvgIpc) is 2.84. The zero-order valence-corrected chi connectivity index (χ0v) is 12.4. The van der Waals surface area contributed by atoms with E-state index in [0.29, 0.717) is 5.89 Å². The zero-order chi connectivity index (χ0) is 14.8.